The highest BCUT2D eigenvalue weighted by molar-refractivity contribution is 7.13. The summed E-state index contributed by atoms with van der Waals surface area (Å²) in [6.45, 7) is 3.92. The smallest absolute Gasteiger partial charge is 0.204 e. The summed E-state index contributed by atoms with van der Waals surface area (Å²) in [6.07, 6.45) is 0. The zero-order valence-corrected chi connectivity index (χ0v) is 11.9. The zero-order valence-electron chi connectivity index (χ0n) is 11.1. The zero-order chi connectivity index (χ0) is 13.5. The summed E-state index contributed by atoms with van der Waals surface area (Å²) in [5, 5.41) is 5.44. The van der Waals surface area contributed by atoms with Gasteiger partial charge in [0.2, 0.25) is 5.95 Å². The van der Waals surface area contributed by atoms with Crippen LogP contribution in [0.4, 0.5) is 5.95 Å². The molecule has 0 aliphatic carbocycles. The van der Waals surface area contributed by atoms with Crippen LogP contribution in [0.3, 0.4) is 0 Å². The van der Waals surface area contributed by atoms with E-state index in [9.17, 15) is 0 Å². The van der Waals surface area contributed by atoms with Gasteiger partial charge in [-0.1, -0.05) is 12.1 Å². The average Bonchev–Trinajstić information content (AvgIpc) is 3.14. The van der Waals surface area contributed by atoms with Gasteiger partial charge in [0.1, 0.15) is 5.69 Å². The van der Waals surface area contributed by atoms with Crippen molar-refractivity contribution in [3.05, 3.63) is 41.4 Å². The Hall–Kier alpha value is -2.14. The van der Waals surface area contributed by atoms with Crippen molar-refractivity contribution in [3.63, 3.8) is 0 Å². The predicted molar refractivity (Wildman–Crippen MR) is 82.0 cm³/mol. The molecule has 1 N–H and O–H groups in total. The van der Waals surface area contributed by atoms with Crippen molar-refractivity contribution in [1.82, 2.24) is 14.5 Å². The van der Waals surface area contributed by atoms with Crippen LogP contribution in [0.15, 0.2) is 35.7 Å². The van der Waals surface area contributed by atoms with Gasteiger partial charge in [-0.05, 0) is 30.5 Å². The predicted octanol–water partition coefficient (Wildman–Crippen LogP) is 3.41. The molecule has 4 heterocycles. The van der Waals surface area contributed by atoms with Gasteiger partial charge < -0.3 is 9.88 Å². The lowest BCUT2D eigenvalue weighted by Gasteiger charge is -2.05. The van der Waals surface area contributed by atoms with Gasteiger partial charge in [-0.25, -0.2) is 4.98 Å². The number of rotatable bonds is 2. The molecule has 0 unspecified atom stereocenters. The molecule has 1 aliphatic rings. The van der Waals surface area contributed by atoms with E-state index in [1.54, 1.807) is 11.3 Å². The van der Waals surface area contributed by atoms with Crippen LogP contribution >= 0.6 is 11.3 Å². The van der Waals surface area contributed by atoms with Crippen LogP contribution in [-0.4, -0.2) is 21.1 Å². The lowest BCUT2D eigenvalue weighted by Crippen LogP contribution is -1.98. The maximum absolute atomic E-state index is 4.75. The third kappa shape index (κ3) is 1.74. The van der Waals surface area contributed by atoms with Crippen molar-refractivity contribution in [2.45, 2.75) is 13.5 Å². The minimum absolute atomic E-state index is 0.942. The molecule has 100 valence electrons. The maximum atomic E-state index is 4.75. The Morgan fingerprint density at radius 2 is 2.15 bits per heavy atom. The molecule has 4 rings (SSSR count). The fourth-order valence-electron chi connectivity index (χ4n) is 2.60. The summed E-state index contributed by atoms with van der Waals surface area (Å²) in [6, 6.07) is 10.3. The van der Waals surface area contributed by atoms with Gasteiger partial charge in [-0.2, -0.15) is 0 Å². The number of aromatic nitrogens is 3. The first-order valence-corrected chi connectivity index (χ1v) is 7.53. The van der Waals surface area contributed by atoms with Crippen LogP contribution in [0, 0.1) is 6.92 Å². The van der Waals surface area contributed by atoms with Crippen LogP contribution in [0.5, 0.6) is 0 Å². The highest BCUT2D eigenvalue weighted by atomic mass is 32.1. The van der Waals surface area contributed by atoms with Crippen molar-refractivity contribution in [2.75, 3.05) is 11.9 Å². The lowest BCUT2D eigenvalue weighted by molar-refractivity contribution is 0.818. The van der Waals surface area contributed by atoms with Gasteiger partial charge >= 0.3 is 0 Å². The van der Waals surface area contributed by atoms with Crippen LogP contribution in [0.1, 0.15) is 5.69 Å². The van der Waals surface area contributed by atoms with E-state index in [1.807, 2.05) is 25.1 Å². The number of hydrogen-bond donors (Lipinski definition) is 1. The van der Waals surface area contributed by atoms with E-state index in [1.165, 1.54) is 10.6 Å². The van der Waals surface area contributed by atoms with Crippen molar-refractivity contribution in [2.24, 2.45) is 0 Å². The average molecular weight is 282 g/mol. The second-order valence-corrected chi connectivity index (χ2v) is 5.80. The van der Waals surface area contributed by atoms with E-state index in [0.717, 1.165) is 36.1 Å². The SMILES string of the molecule is Cc1cccc(-c2nc3n(c2-c2cccs2)CCN3)n1. The van der Waals surface area contributed by atoms with Gasteiger partial charge in [0, 0.05) is 18.8 Å². The van der Waals surface area contributed by atoms with Crippen molar-refractivity contribution < 1.29 is 0 Å². The molecule has 0 saturated heterocycles. The first-order chi connectivity index (χ1) is 9.83. The second-order valence-electron chi connectivity index (χ2n) is 4.85. The third-order valence-electron chi connectivity index (χ3n) is 3.47. The van der Waals surface area contributed by atoms with Crippen LogP contribution in [-0.2, 0) is 6.54 Å². The van der Waals surface area contributed by atoms with E-state index in [-0.39, 0.29) is 0 Å². The molecule has 4 nitrogen and oxygen atoms in total. The molecule has 0 aromatic carbocycles. The Kier molecular flexibility index (Phi) is 2.60. The normalized spacial score (nSPS) is 13.2. The minimum Gasteiger partial charge on any atom is -0.354 e. The Bertz CT molecular complexity index is 758. The highest BCUT2D eigenvalue weighted by Gasteiger charge is 2.24. The molecule has 1 aliphatic heterocycles. The van der Waals surface area contributed by atoms with Gasteiger partial charge in [0.05, 0.1) is 16.3 Å². The monoisotopic (exact) mass is 282 g/mol. The van der Waals surface area contributed by atoms with E-state index >= 15 is 0 Å². The quantitative estimate of drug-likeness (QED) is 0.783. The van der Waals surface area contributed by atoms with Crippen LogP contribution in [0.2, 0.25) is 0 Å². The first kappa shape index (κ1) is 11.7. The Balaban J connectivity index is 1.96. The van der Waals surface area contributed by atoms with E-state index in [2.05, 4.69) is 32.4 Å². The Labute approximate surface area is 121 Å². The number of pyridine rings is 1. The molecular weight excluding hydrogens is 268 g/mol. The molecule has 3 aromatic rings. The summed E-state index contributed by atoms with van der Waals surface area (Å²) in [7, 11) is 0. The molecule has 0 fully saturated rings. The maximum Gasteiger partial charge on any atom is 0.204 e. The Morgan fingerprint density at radius 1 is 1.20 bits per heavy atom. The fraction of sp³-hybridized carbons (Fsp3) is 0.200. The number of nitrogens with zero attached hydrogens (tertiary/aromatic N) is 3. The summed E-state index contributed by atoms with van der Waals surface area (Å²) >= 11 is 1.74. The number of nitrogens with one attached hydrogen (secondary N) is 1. The van der Waals surface area contributed by atoms with E-state index in [4.69, 9.17) is 4.98 Å². The van der Waals surface area contributed by atoms with E-state index in [0.29, 0.717) is 0 Å². The molecule has 0 bridgehead atoms. The Morgan fingerprint density at radius 3 is 2.95 bits per heavy atom. The van der Waals surface area contributed by atoms with Crippen molar-refractivity contribution in [1.29, 1.82) is 0 Å². The van der Waals surface area contributed by atoms with Crippen LogP contribution < -0.4 is 5.32 Å². The van der Waals surface area contributed by atoms with Gasteiger partial charge in [-0.3, -0.25) is 4.98 Å². The molecule has 3 aromatic heterocycles. The summed E-state index contributed by atoms with van der Waals surface area (Å²) in [5.41, 5.74) is 4.11. The second kappa shape index (κ2) is 4.45. The summed E-state index contributed by atoms with van der Waals surface area (Å²) in [5.74, 6) is 0.951. The number of fused-ring (bicyclic) bond motifs is 1. The van der Waals surface area contributed by atoms with E-state index < -0.39 is 0 Å². The standard InChI is InChI=1S/C15H14N4S/c1-10-4-2-5-11(17-10)13-14(12-6-3-9-20-12)19-8-7-16-15(19)18-13/h2-6,9H,7-8H2,1H3,(H,16,18). The topological polar surface area (TPSA) is 42.7 Å². The largest absolute Gasteiger partial charge is 0.354 e. The summed E-state index contributed by atoms with van der Waals surface area (Å²) < 4.78 is 2.26. The van der Waals surface area contributed by atoms with Crippen molar-refractivity contribution >= 4 is 17.3 Å². The first-order valence-electron chi connectivity index (χ1n) is 6.65. The minimum atomic E-state index is 0.942. The molecule has 0 atom stereocenters. The number of thiophene rings is 1. The number of imidazole rings is 1. The van der Waals surface area contributed by atoms with Gasteiger partial charge in [-0.15, -0.1) is 11.3 Å². The molecular formula is C15H14N4S. The summed E-state index contributed by atoms with van der Waals surface area (Å²) in [4.78, 5) is 10.6. The van der Waals surface area contributed by atoms with Crippen molar-refractivity contribution in [3.8, 4) is 22.0 Å². The number of hydrogen-bond acceptors (Lipinski definition) is 4. The molecule has 0 saturated carbocycles. The van der Waals surface area contributed by atoms with Gasteiger partial charge in [0.25, 0.3) is 0 Å². The fourth-order valence-corrected chi connectivity index (χ4v) is 3.38. The number of anilines is 1. The molecule has 0 radical (unpaired) electrons. The molecule has 5 heteroatoms. The molecule has 0 amide bonds. The third-order valence-corrected chi connectivity index (χ3v) is 4.35. The molecule has 20 heavy (non-hydrogen) atoms. The van der Waals surface area contributed by atoms with Crippen LogP contribution in [0.25, 0.3) is 22.0 Å². The molecule has 0 spiro atoms. The van der Waals surface area contributed by atoms with Gasteiger partial charge in [0.15, 0.2) is 0 Å². The highest BCUT2D eigenvalue weighted by Crippen LogP contribution is 2.37. The number of aryl methyl sites for hydroxylation is 1. The lowest BCUT2D eigenvalue weighted by atomic mass is 10.2.